The number of esters is 1. The van der Waals surface area contributed by atoms with E-state index in [0.29, 0.717) is 11.6 Å². The fourth-order valence-corrected chi connectivity index (χ4v) is 6.63. The lowest BCUT2D eigenvalue weighted by molar-refractivity contribution is -0.903. The number of allylic oxidation sites excluding steroid dienone is 2. The number of nitrogens with zero attached hydrogens (tertiary/aromatic N) is 1. The Morgan fingerprint density at radius 1 is 1.27 bits per heavy atom. The van der Waals surface area contributed by atoms with Crippen LogP contribution < -0.4 is 9.80 Å². The molecule has 5 heteroatoms. The molecule has 4 aliphatic rings. The molecule has 0 aromatic heterocycles. The second-order valence-electron chi connectivity index (χ2n) is 10.2. The van der Waals surface area contributed by atoms with Crippen LogP contribution in [0.25, 0.3) is 0 Å². The molecule has 2 heterocycles. The second-order valence-corrected chi connectivity index (χ2v) is 10.2. The first-order chi connectivity index (χ1) is 14.4. The Kier molecular flexibility index (Phi) is 5.12. The van der Waals surface area contributed by atoms with Gasteiger partial charge in [-0.25, -0.2) is 4.39 Å². The molecular formula is C25H34FN2O2+. The summed E-state index contributed by atoms with van der Waals surface area (Å²) < 4.78 is 20.1. The third-order valence-electron chi connectivity index (χ3n) is 8.35. The van der Waals surface area contributed by atoms with Gasteiger partial charge in [0.05, 0.1) is 38.4 Å². The first-order valence-electron chi connectivity index (χ1n) is 11.7. The van der Waals surface area contributed by atoms with Gasteiger partial charge in [-0.3, -0.25) is 4.79 Å². The standard InChI is InChI=1S/C25H33FN2O2/c1-17-6-5-9-25(2)15-23-18(14-20(17)25)19(24(29)30-23)16-27-10-12-28(13-11-27)22-8-4-3-7-21(22)26/h3-4,7-8,18-19,23H,5-6,9-16H2,1-2H3/p+1/t18-,19+,23-,25+/m1/s1. The number of anilines is 1. The topological polar surface area (TPSA) is 34.0 Å². The van der Waals surface area contributed by atoms with E-state index in [2.05, 4.69) is 18.7 Å². The summed E-state index contributed by atoms with van der Waals surface area (Å²) in [6.45, 7) is 9.07. The zero-order valence-electron chi connectivity index (χ0n) is 18.3. The third kappa shape index (κ3) is 3.45. The van der Waals surface area contributed by atoms with Crippen molar-refractivity contribution in [2.45, 2.75) is 52.1 Å². The number of rotatable bonds is 3. The largest absolute Gasteiger partial charge is 0.462 e. The summed E-state index contributed by atoms with van der Waals surface area (Å²) in [6.07, 6.45) is 5.85. The number of ether oxygens (including phenoxy) is 1. The first kappa shape index (κ1) is 20.0. The van der Waals surface area contributed by atoms with Crippen LogP contribution in [-0.4, -0.2) is 44.8 Å². The van der Waals surface area contributed by atoms with Crippen molar-refractivity contribution in [1.82, 2.24) is 0 Å². The highest BCUT2D eigenvalue weighted by Crippen LogP contribution is 2.54. The van der Waals surface area contributed by atoms with E-state index >= 15 is 0 Å². The van der Waals surface area contributed by atoms with Crippen LogP contribution in [0.2, 0.25) is 0 Å². The molecule has 0 spiro atoms. The number of carbonyl (C=O) groups is 1. The number of nitrogens with one attached hydrogen (secondary N) is 1. The van der Waals surface area contributed by atoms with E-state index in [1.165, 1.54) is 30.2 Å². The number of hydrogen-bond acceptors (Lipinski definition) is 3. The van der Waals surface area contributed by atoms with E-state index in [1.54, 1.807) is 17.2 Å². The highest BCUT2D eigenvalue weighted by Gasteiger charge is 2.54. The Morgan fingerprint density at radius 3 is 2.80 bits per heavy atom. The van der Waals surface area contributed by atoms with Crippen LogP contribution in [0.5, 0.6) is 0 Å². The monoisotopic (exact) mass is 413 g/mol. The van der Waals surface area contributed by atoms with Gasteiger partial charge in [0.25, 0.3) is 0 Å². The van der Waals surface area contributed by atoms with Gasteiger partial charge < -0.3 is 14.5 Å². The molecule has 0 amide bonds. The van der Waals surface area contributed by atoms with Crippen molar-refractivity contribution >= 4 is 11.7 Å². The number of para-hydroxylation sites is 1. The average molecular weight is 414 g/mol. The van der Waals surface area contributed by atoms with Crippen molar-refractivity contribution in [3.8, 4) is 0 Å². The van der Waals surface area contributed by atoms with E-state index in [9.17, 15) is 9.18 Å². The maximum Gasteiger partial charge on any atom is 0.315 e. The number of halogens is 1. The summed E-state index contributed by atoms with van der Waals surface area (Å²) in [5.41, 5.74) is 4.11. The minimum absolute atomic E-state index is 0.0109. The molecule has 1 aromatic rings. The lowest BCUT2D eigenvalue weighted by Crippen LogP contribution is -3.15. The third-order valence-corrected chi connectivity index (χ3v) is 8.35. The Bertz CT molecular complexity index is 860. The number of quaternary nitrogens is 1. The van der Waals surface area contributed by atoms with Crippen LogP contribution in [-0.2, 0) is 9.53 Å². The maximum absolute atomic E-state index is 14.1. The molecule has 3 fully saturated rings. The van der Waals surface area contributed by atoms with Crippen LogP contribution in [0.3, 0.4) is 0 Å². The maximum atomic E-state index is 14.1. The van der Waals surface area contributed by atoms with Gasteiger partial charge in [0, 0.05) is 5.92 Å². The van der Waals surface area contributed by atoms with Gasteiger partial charge in [-0.15, -0.1) is 0 Å². The van der Waals surface area contributed by atoms with Crippen LogP contribution in [0.15, 0.2) is 35.4 Å². The van der Waals surface area contributed by atoms with E-state index < -0.39 is 0 Å². The van der Waals surface area contributed by atoms with E-state index in [-0.39, 0.29) is 29.2 Å². The lowest BCUT2D eigenvalue weighted by Gasteiger charge is -2.45. The normalized spacial score (nSPS) is 34.6. The average Bonchev–Trinajstić information content (AvgIpc) is 3.01. The fraction of sp³-hybridized carbons (Fsp3) is 0.640. The van der Waals surface area contributed by atoms with Crippen LogP contribution >= 0.6 is 0 Å². The van der Waals surface area contributed by atoms with Gasteiger partial charge in [0.1, 0.15) is 17.8 Å². The number of hydrogen-bond donors (Lipinski definition) is 1. The predicted octanol–water partition coefficient (Wildman–Crippen LogP) is 2.99. The molecule has 0 bridgehead atoms. The molecule has 30 heavy (non-hydrogen) atoms. The van der Waals surface area contributed by atoms with Gasteiger partial charge in [0.15, 0.2) is 0 Å². The Labute approximate surface area is 179 Å². The zero-order valence-corrected chi connectivity index (χ0v) is 18.3. The molecule has 162 valence electrons. The van der Waals surface area contributed by atoms with E-state index in [0.717, 1.165) is 45.6 Å². The van der Waals surface area contributed by atoms with Gasteiger partial charge >= 0.3 is 5.97 Å². The quantitative estimate of drug-likeness (QED) is 0.611. The molecule has 2 aliphatic heterocycles. The minimum atomic E-state index is -0.149. The summed E-state index contributed by atoms with van der Waals surface area (Å²) in [5, 5.41) is 0. The molecule has 0 radical (unpaired) electrons. The minimum Gasteiger partial charge on any atom is -0.462 e. The lowest BCUT2D eigenvalue weighted by atomic mass is 9.59. The van der Waals surface area contributed by atoms with Gasteiger partial charge in [-0.2, -0.15) is 0 Å². The number of benzene rings is 1. The SMILES string of the molecule is CC1=C2C[C@@H]3[C@H](C[NH+]4CCN(c5ccccc5F)CC4)C(=O)O[C@@H]3C[C@]2(C)CCC1. The molecular weight excluding hydrogens is 379 g/mol. The van der Waals surface area contributed by atoms with Crippen molar-refractivity contribution in [2.75, 3.05) is 37.6 Å². The van der Waals surface area contributed by atoms with Crippen LogP contribution in [0.1, 0.15) is 46.0 Å². The molecule has 1 saturated carbocycles. The van der Waals surface area contributed by atoms with Crippen molar-refractivity contribution in [3.63, 3.8) is 0 Å². The first-order valence-corrected chi connectivity index (χ1v) is 11.7. The molecule has 2 aliphatic carbocycles. The molecule has 5 rings (SSSR count). The predicted molar refractivity (Wildman–Crippen MR) is 115 cm³/mol. The molecule has 4 atom stereocenters. The Morgan fingerprint density at radius 2 is 2.03 bits per heavy atom. The number of piperazine rings is 1. The molecule has 1 aromatic carbocycles. The summed E-state index contributed by atoms with van der Waals surface area (Å²) in [5.74, 6) is 0.224. The summed E-state index contributed by atoms with van der Waals surface area (Å²) in [7, 11) is 0. The van der Waals surface area contributed by atoms with Crippen LogP contribution in [0, 0.1) is 23.1 Å². The van der Waals surface area contributed by atoms with E-state index in [4.69, 9.17) is 4.74 Å². The Balaban J connectivity index is 1.25. The number of fused-ring (bicyclic) bond motifs is 2. The molecule has 4 nitrogen and oxygen atoms in total. The number of carbonyl (C=O) groups excluding carboxylic acids is 1. The van der Waals surface area contributed by atoms with Gasteiger partial charge in [-0.1, -0.05) is 30.2 Å². The fourth-order valence-electron chi connectivity index (χ4n) is 6.63. The summed E-state index contributed by atoms with van der Waals surface area (Å²) in [4.78, 5) is 16.4. The molecule has 0 unspecified atom stereocenters. The van der Waals surface area contributed by atoms with Gasteiger partial charge in [-0.05, 0) is 56.6 Å². The summed E-state index contributed by atoms with van der Waals surface area (Å²) in [6, 6.07) is 7.02. The Hall–Kier alpha value is -1.88. The highest BCUT2D eigenvalue weighted by atomic mass is 19.1. The van der Waals surface area contributed by atoms with Crippen molar-refractivity contribution in [3.05, 3.63) is 41.2 Å². The molecule has 1 N–H and O–H groups in total. The highest BCUT2D eigenvalue weighted by molar-refractivity contribution is 5.75. The van der Waals surface area contributed by atoms with Gasteiger partial charge in [0.2, 0.25) is 0 Å². The summed E-state index contributed by atoms with van der Waals surface area (Å²) >= 11 is 0. The van der Waals surface area contributed by atoms with Crippen molar-refractivity contribution < 1.29 is 18.8 Å². The van der Waals surface area contributed by atoms with Crippen LogP contribution in [0.4, 0.5) is 10.1 Å². The second kappa shape index (κ2) is 7.67. The smallest absolute Gasteiger partial charge is 0.315 e. The van der Waals surface area contributed by atoms with E-state index in [1.807, 2.05) is 12.1 Å². The van der Waals surface area contributed by atoms with Crippen molar-refractivity contribution in [2.24, 2.45) is 17.3 Å². The molecule has 2 saturated heterocycles. The van der Waals surface area contributed by atoms with Crippen molar-refractivity contribution in [1.29, 1.82) is 0 Å². The zero-order chi connectivity index (χ0) is 20.9.